The highest BCUT2D eigenvalue weighted by atomic mass is 32.1. The van der Waals surface area contributed by atoms with E-state index in [2.05, 4.69) is 21.3 Å². The topological polar surface area (TPSA) is 178 Å². The van der Waals surface area contributed by atoms with E-state index in [4.69, 9.17) is 52.9 Å². The Morgan fingerprint density at radius 3 is 1.42 bits per heavy atom. The highest BCUT2D eigenvalue weighted by Gasteiger charge is 2.42. The van der Waals surface area contributed by atoms with E-state index >= 15 is 0 Å². The summed E-state index contributed by atoms with van der Waals surface area (Å²) in [6.07, 6.45) is 6.08. The van der Waals surface area contributed by atoms with Crippen LogP contribution in [0.25, 0.3) is 0 Å². The lowest BCUT2D eigenvalue weighted by molar-refractivity contribution is -0.150. The zero-order valence-electron chi connectivity index (χ0n) is 34.4. The molecular weight excluding hydrogens is 813 g/mol. The van der Waals surface area contributed by atoms with Crippen LogP contribution in [0.5, 0.6) is 23.0 Å². The Balaban J connectivity index is 1.09. The number of rotatable bonds is 14. The van der Waals surface area contributed by atoms with Crippen molar-refractivity contribution in [3.05, 3.63) is 82.2 Å². The molecule has 4 aliphatic rings. The Morgan fingerprint density at radius 1 is 0.650 bits per heavy atom. The SMILES string of the molecule is COC(=O)[C@@H]1CCCN1C(=O)C1=C(C)NC(=S)NC1c1ccc(OC/C=C\COc2ccc(C3NC(=S)NC(C)=C3C(=O)N3CCC[C@H]3C(=O)OC)cc2OC)c(OC)c1. The van der Waals surface area contributed by atoms with Gasteiger partial charge in [0.1, 0.15) is 25.3 Å². The van der Waals surface area contributed by atoms with E-state index in [1.54, 1.807) is 47.9 Å². The first-order valence-corrected chi connectivity index (χ1v) is 20.3. The summed E-state index contributed by atoms with van der Waals surface area (Å²) in [5.41, 5.74) is 3.50. The van der Waals surface area contributed by atoms with E-state index in [9.17, 15) is 19.2 Å². The van der Waals surface area contributed by atoms with Crippen LogP contribution in [0.15, 0.2) is 71.1 Å². The summed E-state index contributed by atoms with van der Waals surface area (Å²) in [7, 11) is 5.71. The van der Waals surface area contributed by atoms with Gasteiger partial charge < -0.3 is 59.5 Å². The van der Waals surface area contributed by atoms with Gasteiger partial charge in [0.25, 0.3) is 11.8 Å². The molecule has 6 rings (SSSR count). The number of ether oxygens (including phenoxy) is 6. The molecule has 4 aliphatic heterocycles. The molecule has 0 saturated carbocycles. The van der Waals surface area contributed by atoms with Crippen LogP contribution in [0.4, 0.5) is 0 Å². The summed E-state index contributed by atoms with van der Waals surface area (Å²) in [4.78, 5) is 55.9. The van der Waals surface area contributed by atoms with E-state index in [0.29, 0.717) is 94.5 Å². The normalized spacial score (nSPS) is 21.5. The van der Waals surface area contributed by atoms with Gasteiger partial charge in [-0.3, -0.25) is 9.59 Å². The summed E-state index contributed by atoms with van der Waals surface area (Å²) in [6.45, 7) is 4.86. The Bertz CT molecular complexity index is 1990. The quantitative estimate of drug-likeness (QED) is 0.123. The average molecular weight is 863 g/mol. The van der Waals surface area contributed by atoms with Crippen LogP contribution >= 0.6 is 24.4 Å². The summed E-state index contributed by atoms with van der Waals surface area (Å²) in [6, 6.07) is 8.28. The molecule has 0 aliphatic carbocycles. The number of esters is 2. The second-order valence-electron chi connectivity index (χ2n) is 14.4. The number of carbonyl (C=O) groups is 4. The number of nitrogens with one attached hydrogen (secondary N) is 4. The van der Waals surface area contributed by atoms with Crippen LogP contribution in [-0.4, -0.2) is 111 Å². The van der Waals surface area contributed by atoms with Crippen molar-refractivity contribution in [3.8, 4) is 23.0 Å². The predicted octanol–water partition coefficient (Wildman–Crippen LogP) is 3.63. The van der Waals surface area contributed by atoms with Crippen molar-refractivity contribution in [2.75, 3.05) is 54.7 Å². The lowest BCUT2D eigenvalue weighted by Crippen LogP contribution is -2.49. The summed E-state index contributed by atoms with van der Waals surface area (Å²) in [5, 5.41) is 13.3. The van der Waals surface area contributed by atoms with Crippen LogP contribution in [0, 0.1) is 0 Å². The molecule has 18 heteroatoms. The number of methoxy groups -OCH3 is 4. The largest absolute Gasteiger partial charge is 0.493 e. The summed E-state index contributed by atoms with van der Waals surface area (Å²) >= 11 is 10.9. The van der Waals surface area contributed by atoms with Crippen molar-refractivity contribution in [1.29, 1.82) is 0 Å². The average Bonchev–Trinajstić information content (AvgIpc) is 3.95. The van der Waals surface area contributed by atoms with E-state index in [0.717, 1.165) is 11.1 Å². The van der Waals surface area contributed by atoms with Gasteiger partial charge in [0.15, 0.2) is 33.2 Å². The van der Waals surface area contributed by atoms with E-state index in [1.165, 1.54) is 28.4 Å². The zero-order valence-corrected chi connectivity index (χ0v) is 36.0. The number of amides is 2. The minimum atomic E-state index is -0.649. The van der Waals surface area contributed by atoms with Crippen LogP contribution in [0.3, 0.4) is 0 Å². The van der Waals surface area contributed by atoms with Crippen molar-refractivity contribution >= 4 is 58.4 Å². The van der Waals surface area contributed by atoms with Crippen molar-refractivity contribution in [3.63, 3.8) is 0 Å². The monoisotopic (exact) mass is 862 g/mol. The maximum atomic E-state index is 13.9. The van der Waals surface area contributed by atoms with E-state index in [-0.39, 0.29) is 25.0 Å². The van der Waals surface area contributed by atoms with Gasteiger partial charge in [0, 0.05) is 24.5 Å². The molecule has 0 bridgehead atoms. The molecule has 4 N–H and O–H groups in total. The summed E-state index contributed by atoms with van der Waals surface area (Å²) in [5.74, 6) is 0.437. The van der Waals surface area contributed by atoms with Crippen LogP contribution < -0.4 is 40.2 Å². The molecule has 2 fully saturated rings. The first-order valence-electron chi connectivity index (χ1n) is 19.5. The fourth-order valence-corrected chi connectivity index (χ4v) is 8.47. The molecule has 2 amide bonds. The van der Waals surface area contributed by atoms with Crippen molar-refractivity contribution in [1.82, 2.24) is 31.1 Å². The molecule has 0 radical (unpaired) electrons. The van der Waals surface area contributed by atoms with Gasteiger partial charge in [-0.2, -0.15) is 0 Å². The van der Waals surface area contributed by atoms with Crippen molar-refractivity contribution < 1.29 is 47.6 Å². The zero-order chi connectivity index (χ0) is 43.1. The fraction of sp³-hybridized carbons (Fsp3) is 0.429. The molecule has 60 heavy (non-hydrogen) atoms. The number of carbonyl (C=O) groups excluding carboxylic acids is 4. The van der Waals surface area contributed by atoms with Crippen LogP contribution in [0.1, 0.15) is 62.7 Å². The first kappa shape index (κ1) is 43.7. The smallest absolute Gasteiger partial charge is 0.328 e. The number of hydrogen-bond donors (Lipinski definition) is 4. The highest BCUT2D eigenvalue weighted by Crippen LogP contribution is 2.38. The minimum absolute atomic E-state index is 0.203. The number of hydrogen-bond acceptors (Lipinski definition) is 12. The van der Waals surface area contributed by atoms with Gasteiger partial charge in [0.2, 0.25) is 0 Å². The second-order valence-corrected chi connectivity index (χ2v) is 15.2. The summed E-state index contributed by atoms with van der Waals surface area (Å²) < 4.78 is 33.4. The Kier molecular flexibility index (Phi) is 14.2. The van der Waals surface area contributed by atoms with Gasteiger partial charge in [-0.1, -0.05) is 12.1 Å². The minimum Gasteiger partial charge on any atom is -0.493 e. The van der Waals surface area contributed by atoms with Gasteiger partial charge in [-0.15, -0.1) is 0 Å². The Hall–Kier alpha value is -5.88. The van der Waals surface area contributed by atoms with Gasteiger partial charge in [-0.05, 0) is 112 Å². The predicted molar refractivity (Wildman–Crippen MR) is 228 cm³/mol. The molecule has 2 aromatic rings. The van der Waals surface area contributed by atoms with Crippen molar-refractivity contribution in [2.24, 2.45) is 0 Å². The lowest BCUT2D eigenvalue weighted by Gasteiger charge is -2.33. The molecule has 0 spiro atoms. The van der Waals surface area contributed by atoms with Crippen LogP contribution in [-0.2, 0) is 28.7 Å². The number of thiocarbonyl (C=S) groups is 2. The molecule has 4 atom stereocenters. The fourth-order valence-electron chi connectivity index (χ4n) is 7.92. The lowest BCUT2D eigenvalue weighted by atomic mass is 9.94. The number of allylic oxidation sites excluding steroid dienone is 2. The maximum Gasteiger partial charge on any atom is 0.328 e. The van der Waals surface area contributed by atoms with E-state index in [1.807, 2.05) is 24.3 Å². The molecule has 16 nitrogen and oxygen atoms in total. The molecule has 2 aromatic carbocycles. The van der Waals surface area contributed by atoms with E-state index < -0.39 is 36.1 Å². The van der Waals surface area contributed by atoms with Crippen LogP contribution in [0.2, 0.25) is 0 Å². The number of benzene rings is 2. The van der Waals surface area contributed by atoms with Crippen molar-refractivity contribution in [2.45, 2.75) is 63.7 Å². The number of nitrogens with zero attached hydrogens (tertiary/aromatic N) is 2. The van der Waals surface area contributed by atoms with Gasteiger partial charge >= 0.3 is 11.9 Å². The van der Waals surface area contributed by atoms with Gasteiger partial charge in [-0.25, -0.2) is 9.59 Å². The Labute approximate surface area is 359 Å². The van der Waals surface area contributed by atoms with Gasteiger partial charge in [0.05, 0.1) is 51.7 Å². The first-order chi connectivity index (χ1) is 28.9. The molecule has 2 saturated heterocycles. The molecule has 320 valence electrons. The standard InChI is InChI=1S/C42H50N6O10S2/c1-23-33(37(49)47-17-9-11-27(47)39(51)55-5)35(45-41(59)43-23)25-13-15-29(31(21-25)53-3)57-19-7-8-20-58-30-16-14-26(22-32(30)54-4)36-34(24(2)44-42(60)46-36)38(50)48-18-10-12-28(48)40(52)56-6/h7-8,13-16,21-22,27-28,35-36H,9-12,17-20H2,1-6H3,(H2,43,45,59)(H2,44,46,60)/b8-7-/t27-,28-,35?,36?/m0/s1. The Morgan fingerprint density at radius 2 is 1.05 bits per heavy atom. The molecular formula is C42H50N6O10S2. The number of likely N-dealkylation sites (tertiary alicyclic amines) is 2. The molecule has 2 unspecified atom stereocenters. The third kappa shape index (κ3) is 9.28. The molecule has 0 aromatic heterocycles. The second kappa shape index (κ2) is 19.5. The highest BCUT2D eigenvalue weighted by molar-refractivity contribution is 7.80. The maximum absolute atomic E-state index is 13.9. The third-order valence-electron chi connectivity index (χ3n) is 10.9. The third-order valence-corrected chi connectivity index (χ3v) is 11.3. The molecule has 4 heterocycles.